The summed E-state index contributed by atoms with van der Waals surface area (Å²) in [6.07, 6.45) is 0.935. The number of anilines is 1. The first kappa shape index (κ1) is 19.7. The van der Waals surface area contributed by atoms with Gasteiger partial charge in [0.2, 0.25) is 0 Å². The summed E-state index contributed by atoms with van der Waals surface area (Å²) in [7, 11) is 0. The number of rotatable bonds is 8. The maximum atomic E-state index is 11.8. The molecule has 0 radical (unpaired) electrons. The van der Waals surface area contributed by atoms with Gasteiger partial charge in [-0.05, 0) is 42.8 Å². The van der Waals surface area contributed by atoms with E-state index in [9.17, 15) is 9.59 Å². The van der Waals surface area contributed by atoms with Gasteiger partial charge in [0.05, 0.1) is 10.2 Å². The number of thiazole rings is 1. The lowest BCUT2D eigenvalue weighted by molar-refractivity contribution is -0.147. The van der Waals surface area contributed by atoms with Crippen molar-refractivity contribution in [3.8, 4) is 0 Å². The highest BCUT2D eigenvalue weighted by molar-refractivity contribution is 8.01. The van der Waals surface area contributed by atoms with E-state index < -0.39 is 0 Å². The number of nitrogens with zero attached hydrogens (tertiary/aromatic N) is 1. The van der Waals surface area contributed by atoms with E-state index in [4.69, 9.17) is 16.3 Å². The van der Waals surface area contributed by atoms with Crippen LogP contribution < -0.4 is 5.32 Å². The zero-order chi connectivity index (χ0) is 19.1. The van der Waals surface area contributed by atoms with Crippen molar-refractivity contribution in [2.45, 2.75) is 17.2 Å². The van der Waals surface area contributed by atoms with Gasteiger partial charge in [-0.1, -0.05) is 35.5 Å². The van der Waals surface area contributed by atoms with Crippen molar-refractivity contribution >= 4 is 62.5 Å². The van der Waals surface area contributed by atoms with E-state index >= 15 is 0 Å². The first-order valence-corrected chi connectivity index (χ1v) is 10.5. The molecule has 0 fully saturated rings. The molecule has 1 heterocycles. The van der Waals surface area contributed by atoms with Crippen LogP contribution in [0.5, 0.6) is 0 Å². The zero-order valence-electron chi connectivity index (χ0n) is 14.3. The number of thioether (sulfide) groups is 1. The number of esters is 1. The minimum absolute atomic E-state index is 0.270. The number of fused-ring (bicyclic) bond motifs is 1. The molecule has 0 aliphatic carbocycles. The van der Waals surface area contributed by atoms with E-state index in [0.29, 0.717) is 17.1 Å². The van der Waals surface area contributed by atoms with E-state index in [1.165, 1.54) is 0 Å². The number of halogens is 1. The van der Waals surface area contributed by atoms with E-state index in [1.54, 1.807) is 47.4 Å². The monoisotopic (exact) mass is 420 g/mol. The summed E-state index contributed by atoms with van der Waals surface area (Å²) < 4.78 is 7.15. The number of nitrogens with one attached hydrogen (secondary N) is 1. The molecule has 0 aliphatic heterocycles. The topological polar surface area (TPSA) is 68.3 Å². The van der Waals surface area contributed by atoms with E-state index in [2.05, 4.69) is 10.3 Å². The number of carbonyl (C=O) groups is 2. The van der Waals surface area contributed by atoms with Crippen molar-refractivity contribution in [3.05, 3.63) is 53.6 Å². The minimum Gasteiger partial charge on any atom is -0.456 e. The second-order valence-electron chi connectivity index (χ2n) is 5.62. The highest BCUT2D eigenvalue weighted by atomic mass is 35.5. The lowest BCUT2D eigenvalue weighted by Crippen LogP contribution is -2.20. The summed E-state index contributed by atoms with van der Waals surface area (Å²) in [4.78, 5) is 28.1. The fraction of sp³-hybridized carbons (Fsp3) is 0.211. The second kappa shape index (κ2) is 9.73. The van der Waals surface area contributed by atoms with Crippen LogP contribution in [0.25, 0.3) is 10.2 Å². The molecule has 0 unspecified atom stereocenters. The summed E-state index contributed by atoms with van der Waals surface area (Å²) in [5, 5.41) is 3.23. The Balaban J connectivity index is 1.32. The van der Waals surface area contributed by atoms with Crippen molar-refractivity contribution in [2.24, 2.45) is 0 Å². The fourth-order valence-electron chi connectivity index (χ4n) is 2.24. The summed E-state index contributed by atoms with van der Waals surface area (Å²) in [6.45, 7) is -0.299. The summed E-state index contributed by atoms with van der Waals surface area (Å²) in [5.41, 5.74) is 1.60. The first-order valence-electron chi connectivity index (χ1n) is 8.29. The predicted molar refractivity (Wildman–Crippen MR) is 111 cm³/mol. The molecule has 5 nitrogen and oxygen atoms in total. The molecule has 1 N–H and O–H groups in total. The molecule has 8 heteroatoms. The van der Waals surface area contributed by atoms with Gasteiger partial charge >= 0.3 is 5.97 Å². The van der Waals surface area contributed by atoms with Gasteiger partial charge in [0.1, 0.15) is 0 Å². The molecule has 0 saturated carbocycles. The van der Waals surface area contributed by atoms with Crippen molar-refractivity contribution < 1.29 is 14.3 Å². The maximum absolute atomic E-state index is 11.8. The number of carbonyl (C=O) groups excluding carboxylic acids is 2. The first-order chi connectivity index (χ1) is 13.1. The Kier molecular flexibility index (Phi) is 7.09. The molecule has 1 aromatic heterocycles. The number of aromatic nitrogens is 1. The minimum atomic E-state index is -0.383. The van der Waals surface area contributed by atoms with Gasteiger partial charge in [-0.25, -0.2) is 4.98 Å². The van der Waals surface area contributed by atoms with Crippen LogP contribution in [-0.4, -0.2) is 29.2 Å². The van der Waals surface area contributed by atoms with Gasteiger partial charge in [0.25, 0.3) is 5.91 Å². The number of amides is 1. The largest absolute Gasteiger partial charge is 0.456 e. The Bertz CT molecular complexity index is 895. The average Bonchev–Trinajstić information content (AvgIpc) is 3.08. The van der Waals surface area contributed by atoms with Crippen LogP contribution in [0, 0.1) is 0 Å². The van der Waals surface area contributed by atoms with Crippen LogP contribution in [0.3, 0.4) is 0 Å². The summed E-state index contributed by atoms with van der Waals surface area (Å²) >= 11 is 9.06. The van der Waals surface area contributed by atoms with Crippen molar-refractivity contribution in [3.63, 3.8) is 0 Å². The Morgan fingerprint density at radius 1 is 1.15 bits per heavy atom. The molecule has 0 saturated heterocycles. The third-order valence-corrected chi connectivity index (χ3v) is 6.03. The van der Waals surface area contributed by atoms with Crippen LogP contribution in [0.2, 0.25) is 5.02 Å². The Hall–Kier alpha value is -2.09. The standard InChI is InChI=1S/C19H17ClN2O3S2/c20-13-7-9-14(10-8-13)21-17(23)12-25-18(24)6-3-11-26-19-22-15-4-1-2-5-16(15)27-19/h1-2,4-5,7-10H,3,6,11-12H2,(H,21,23). The number of benzene rings is 2. The van der Waals surface area contributed by atoms with Gasteiger partial charge in [0.15, 0.2) is 10.9 Å². The number of hydrogen-bond acceptors (Lipinski definition) is 6. The quantitative estimate of drug-likeness (QED) is 0.315. The molecule has 0 bridgehead atoms. The van der Waals surface area contributed by atoms with Gasteiger partial charge in [-0.2, -0.15) is 0 Å². The van der Waals surface area contributed by atoms with E-state index in [1.807, 2.05) is 24.3 Å². The van der Waals surface area contributed by atoms with Gasteiger partial charge in [-0.3, -0.25) is 9.59 Å². The lowest BCUT2D eigenvalue weighted by atomic mass is 10.3. The molecule has 0 spiro atoms. The van der Waals surface area contributed by atoms with E-state index in [0.717, 1.165) is 20.3 Å². The summed E-state index contributed by atoms with van der Waals surface area (Å²) in [6, 6.07) is 14.7. The normalized spacial score (nSPS) is 10.7. The summed E-state index contributed by atoms with van der Waals surface area (Å²) in [5.74, 6) is 0.00648. The third-order valence-electron chi connectivity index (χ3n) is 3.52. The molecule has 140 valence electrons. The molecule has 0 atom stereocenters. The van der Waals surface area contributed by atoms with Crippen molar-refractivity contribution in [1.29, 1.82) is 0 Å². The fourth-order valence-corrected chi connectivity index (χ4v) is 4.44. The Morgan fingerprint density at radius 3 is 2.70 bits per heavy atom. The molecule has 2 aromatic carbocycles. The molecular weight excluding hydrogens is 404 g/mol. The lowest BCUT2D eigenvalue weighted by Gasteiger charge is -2.06. The van der Waals surface area contributed by atoms with Crippen molar-refractivity contribution in [2.75, 3.05) is 17.7 Å². The molecule has 3 rings (SSSR count). The van der Waals surface area contributed by atoms with Crippen molar-refractivity contribution in [1.82, 2.24) is 4.98 Å². The smallest absolute Gasteiger partial charge is 0.306 e. The number of ether oxygens (including phenoxy) is 1. The van der Waals surface area contributed by atoms with Crippen LogP contribution in [0.15, 0.2) is 52.9 Å². The molecule has 3 aromatic rings. The van der Waals surface area contributed by atoms with Crippen LogP contribution in [0.1, 0.15) is 12.8 Å². The molecule has 1 amide bonds. The molecule has 27 heavy (non-hydrogen) atoms. The van der Waals surface area contributed by atoms with Crippen LogP contribution in [0.4, 0.5) is 5.69 Å². The number of para-hydroxylation sites is 1. The highest BCUT2D eigenvalue weighted by Gasteiger charge is 2.09. The number of hydrogen-bond donors (Lipinski definition) is 1. The SMILES string of the molecule is O=C(COC(=O)CCCSc1nc2ccccc2s1)Nc1ccc(Cl)cc1. The molecule has 0 aliphatic rings. The zero-order valence-corrected chi connectivity index (χ0v) is 16.7. The van der Waals surface area contributed by atoms with E-state index in [-0.39, 0.29) is 24.9 Å². The van der Waals surface area contributed by atoms with Crippen LogP contribution >= 0.6 is 34.7 Å². The van der Waals surface area contributed by atoms with Gasteiger partial charge < -0.3 is 10.1 Å². The Labute approximate surface area is 170 Å². The second-order valence-corrected chi connectivity index (χ2v) is 8.42. The van der Waals surface area contributed by atoms with Crippen LogP contribution in [-0.2, 0) is 14.3 Å². The van der Waals surface area contributed by atoms with Gasteiger partial charge in [-0.15, -0.1) is 11.3 Å². The highest BCUT2D eigenvalue weighted by Crippen LogP contribution is 2.29. The maximum Gasteiger partial charge on any atom is 0.306 e. The molecular formula is C19H17ClN2O3S2. The predicted octanol–water partition coefficient (Wildman–Crippen LogP) is 5.00. The third kappa shape index (κ3) is 6.23. The van der Waals surface area contributed by atoms with Gasteiger partial charge in [0, 0.05) is 22.9 Å². The Morgan fingerprint density at radius 2 is 1.93 bits per heavy atom. The average molecular weight is 421 g/mol.